The molecule has 1 atom stereocenters. The molecule has 0 aromatic heterocycles. The summed E-state index contributed by atoms with van der Waals surface area (Å²) >= 11 is 2.81. The Morgan fingerprint density at radius 1 is 1.25 bits per heavy atom. The van der Waals surface area contributed by atoms with E-state index in [9.17, 15) is 10.2 Å². The summed E-state index contributed by atoms with van der Waals surface area (Å²) in [7, 11) is 0. The van der Waals surface area contributed by atoms with E-state index in [-0.39, 0.29) is 59.1 Å². The molecule has 0 spiro atoms. The summed E-state index contributed by atoms with van der Waals surface area (Å²) in [5, 5.41) is 19.2. The van der Waals surface area contributed by atoms with Gasteiger partial charge in [0.05, 0.1) is 0 Å². The molecular weight excluding hydrogens is 194 g/mol. The second kappa shape index (κ2) is 9.40. The topological polar surface area (TPSA) is 46.1 Å². The van der Waals surface area contributed by atoms with Crippen LogP contribution >= 0.6 is 15.9 Å². The molecule has 0 bridgehead atoms. The van der Waals surface area contributed by atoms with Gasteiger partial charge in [-0.05, 0) is 4.83 Å². The first-order chi connectivity index (χ1) is 2.64. The Kier molecular flexibility index (Phi) is 19.7. The van der Waals surface area contributed by atoms with E-state index in [0.717, 1.165) is 0 Å². The maximum absolute atomic E-state index is 9.62. The van der Waals surface area contributed by atoms with Crippen molar-refractivity contribution >= 4 is 15.9 Å². The van der Waals surface area contributed by atoms with Gasteiger partial charge in [-0.2, -0.15) is 0 Å². The van der Waals surface area contributed by atoms with Gasteiger partial charge in [-0.3, -0.25) is 0 Å². The van der Waals surface area contributed by atoms with Crippen LogP contribution in [-0.2, 0) is 0 Å². The van der Waals surface area contributed by atoms with Crippen molar-refractivity contribution in [2.75, 3.05) is 0 Å². The summed E-state index contributed by atoms with van der Waals surface area (Å²) in [5.41, 5.74) is 0. The largest absolute Gasteiger partial charge is 1.00 e. The van der Waals surface area contributed by atoms with Gasteiger partial charge >= 0.3 is 59.1 Å². The van der Waals surface area contributed by atoms with Gasteiger partial charge in [0.15, 0.2) is 0 Å². The number of rotatable bonds is 1. The Hall–Kier alpha value is 2.40. The Bertz CT molecular complexity index is 36.3. The second-order valence-corrected chi connectivity index (χ2v) is 2.49. The van der Waals surface area contributed by atoms with Gasteiger partial charge in [0.25, 0.3) is 0 Å². The molecule has 0 aliphatic heterocycles. The van der Waals surface area contributed by atoms with Crippen LogP contribution in [0.1, 0.15) is 6.92 Å². The minimum atomic E-state index is -1.73. The monoisotopic (exact) mass is 198 g/mol. The first-order valence-electron chi connectivity index (χ1n) is 1.60. The van der Waals surface area contributed by atoms with Crippen LogP contribution in [0.5, 0.6) is 0 Å². The van der Waals surface area contributed by atoms with Crippen LogP contribution in [-0.4, -0.2) is 11.1 Å². The summed E-state index contributed by atoms with van der Waals surface area (Å²) in [6.07, 6.45) is -1.73. The molecule has 8 heavy (non-hydrogen) atoms. The van der Waals surface area contributed by atoms with Gasteiger partial charge in [0.1, 0.15) is 0 Å². The SMILES string of the molecule is CC(Br)C([O-])[O-].[Na+].[Na+]. The molecule has 0 rings (SSSR count). The molecule has 1 unspecified atom stereocenters. The zero-order chi connectivity index (χ0) is 5.15. The van der Waals surface area contributed by atoms with Gasteiger partial charge < -0.3 is 10.2 Å². The molecule has 0 amide bonds. The predicted octanol–water partition coefficient (Wildman–Crippen LogP) is -7.18. The molecule has 0 saturated heterocycles. The van der Waals surface area contributed by atoms with E-state index >= 15 is 0 Å². The summed E-state index contributed by atoms with van der Waals surface area (Å²) in [4.78, 5) is -0.447. The van der Waals surface area contributed by atoms with E-state index in [1.165, 1.54) is 6.92 Å². The molecule has 2 nitrogen and oxygen atoms in total. The first kappa shape index (κ1) is 16.8. The first-order valence-corrected chi connectivity index (χ1v) is 2.52. The third-order valence-corrected chi connectivity index (χ3v) is 0.807. The van der Waals surface area contributed by atoms with Crippen LogP contribution < -0.4 is 69.3 Å². The smallest absolute Gasteiger partial charge is 0.865 e. The second-order valence-electron chi connectivity index (χ2n) is 1.05. The molecule has 0 heterocycles. The number of hydrogen-bond acceptors (Lipinski definition) is 2. The molecule has 5 heteroatoms. The molecule has 0 radical (unpaired) electrons. The van der Waals surface area contributed by atoms with E-state index < -0.39 is 11.1 Å². The quantitative estimate of drug-likeness (QED) is 0.239. The zero-order valence-corrected chi connectivity index (χ0v) is 10.9. The Labute approximate surface area is 102 Å². The van der Waals surface area contributed by atoms with Gasteiger partial charge in [0, 0.05) is 0 Å². The van der Waals surface area contributed by atoms with Crippen molar-refractivity contribution < 1.29 is 69.3 Å². The van der Waals surface area contributed by atoms with Crippen molar-refractivity contribution in [1.29, 1.82) is 0 Å². The number of alkyl halides is 1. The average molecular weight is 199 g/mol. The van der Waals surface area contributed by atoms with Crippen molar-refractivity contribution in [3.8, 4) is 0 Å². The van der Waals surface area contributed by atoms with E-state index in [1.54, 1.807) is 0 Å². The average Bonchev–Trinajstić information content (AvgIpc) is 1.36. The minimum Gasteiger partial charge on any atom is -0.865 e. The van der Waals surface area contributed by atoms with Crippen LogP contribution in [0.15, 0.2) is 0 Å². The molecule has 0 aliphatic carbocycles. The Morgan fingerprint density at radius 2 is 1.38 bits per heavy atom. The molecular formula is C3H5BrNa2O2. The van der Waals surface area contributed by atoms with E-state index in [4.69, 9.17) is 0 Å². The van der Waals surface area contributed by atoms with Crippen LogP contribution in [0, 0.1) is 0 Å². The van der Waals surface area contributed by atoms with Crippen LogP contribution in [0.3, 0.4) is 0 Å². The van der Waals surface area contributed by atoms with Crippen LogP contribution in [0.2, 0.25) is 0 Å². The summed E-state index contributed by atoms with van der Waals surface area (Å²) in [5.74, 6) is 0. The van der Waals surface area contributed by atoms with Gasteiger partial charge in [0.2, 0.25) is 0 Å². The van der Waals surface area contributed by atoms with E-state index in [1.807, 2.05) is 0 Å². The molecule has 0 N–H and O–H groups in total. The van der Waals surface area contributed by atoms with E-state index in [0.29, 0.717) is 0 Å². The third kappa shape index (κ3) is 11.2. The van der Waals surface area contributed by atoms with Gasteiger partial charge in [-0.25, -0.2) is 6.29 Å². The Balaban J connectivity index is -0.000000125. The normalized spacial score (nSPS) is 11.6. The fourth-order valence-corrected chi connectivity index (χ4v) is 0. The van der Waals surface area contributed by atoms with Crippen molar-refractivity contribution in [1.82, 2.24) is 0 Å². The van der Waals surface area contributed by atoms with Crippen molar-refractivity contribution in [3.63, 3.8) is 0 Å². The summed E-state index contributed by atoms with van der Waals surface area (Å²) in [6.45, 7) is 1.53. The van der Waals surface area contributed by atoms with Crippen LogP contribution in [0.25, 0.3) is 0 Å². The summed E-state index contributed by atoms with van der Waals surface area (Å²) in [6, 6.07) is 0. The van der Waals surface area contributed by atoms with Crippen LogP contribution in [0.4, 0.5) is 0 Å². The molecule has 0 saturated carbocycles. The predicted molar refractivity (Wildman–Crippen MR) is 22.2 cm³/mol. The fraction of sp³-hybridized carbons (Fsp3) is 1.00. The maximum atomic E-state index is 9.62. The Morgan fingerprint density at radius 3 is 1.38 bits per heavy atom. The molecule has 0 aliphatic rings. The molecule has 0 aromatic rings. The summed E-state index contributed by atoms with van der Waals surface area (Å²) < 4.78 is 0. The third-order valence-electron chi connectivity index (χ3n) is 0.375. The zero-order valence-electron chi connectivity index (χ0n) is 5.35. The van der Waals surface area contributed by atoms with Gasteiger partial charge in [-0.1, -0.05) is 22.9 Å². The van der Waals surface area contributed by atoms with Gasteiger partial charge in [-0.15, -0.1) is 0 Å². The standard InChI is InChI=1S/C3H5BrO2.2Na/c1-2(4)3(5)6;;/h2-3H,1H3;;/q-2;2*+1. The van der Waals surface area contributed by atoms with Crippen molar-refractivity contribution in [2.45, 2.75) is 18.0 Å². The maximum Gasteiger partial charge on any atom is 1.00 e. The molecule has 0 fully saturated rings. The van der Waals surface area contributed by atoms with Crippen molar-refractivity contribution in [2.24, 2.45) is 0 Å². The minimum absolute atomic E-state index is 0. The molecule has 38 valence electrons. The van der Waals surface area contributed by atoms with E-state index in [2.05, 4.69) is 15.9 Å². The number of hydrogen-bond donors (Lipinski definition) is 0. The molecule has 0 aromatic carbocycles. The van der Waals surface area contributed by atoms with Crippen molar-refractivity contribution in [3.05, 3.63) is 0 Å². The number of halogens is 1. The fourth-order valence-electron chi connectivity index (χ4n) is 0.